The number of aryl methyl sites for hydroxylation is 2. The third-order valence-electron chi connectivity index (χ3n) is 8.52. The van der Waals surface area contributed by atoms with E-state index in [9.17, 15) is 4.79 Å². The first-order valence-corrected chi connectivity index (χ1v) is 15.3. The number of fused-ring (bicyclic) bond motifs is 3. The van der Waals surface area contributed by atoms with E-state index in [-0.39, 0.29) is 5.91 Å². The van der Waals surface area contributed by atoms with Crippen LogP contribution in [0.2, 0.25) is 0 Å². The number of unbranched alkanes of at least 4 members (excludes halogenated alkanes) is 1. The maximum atomic E-state index is 13.3. The number of carbonyl (C=O) groups excluding carboxylic acids is 1. The molecular formula is C32H41N7O. The second kappa shape index (κ2) is 12.2. The number of nitrogens with one attached hydrogen (secondary N) is 3. The smallest absolute Gasteiger partial charge is 0.254 e. The first-order chi connectivity index (χ1) is 19.7. The van der Waals surface area contributed by atoms with Gasteiger partial charge in [0.05, 0.1) is 28.4 Å². The van der Waals surface area contributed by atoms with Crippen LogP contribution >= 0.6 is 0 Å². The molecule has 210 valence electrons. The van der Waals surface area contributed by atoms with Crippen molar-refractivity contribution in [1.29, 1.82) is 0 Å². The highest BCUT2D eigenvalue weighted by Gasteiger charge is 2.22. The molecule has 3 N–H and O–H groups in total. The van der Waals surface area contributed by atoms with Crippen LogP contribution in [0.5, 0.6) is 0 Å². The molecule has 0 aliphatic heterocycles. The predicted octanol–water partition coefficient (Wildman–Crippen LogP) is 6.24. The van der Waals surface area contributed by atoms with E-state index in [4.69, 9.17) is 4.98 Å². The average Bonchev–Trinajstić information content (AvgIpc) is 3.42. The maximum Gasteiger partial charge on any atom is 0.254 e. The molecule has 6 rings (SSSR count). The number of rotatable bonds is 10. The third kappa shape index (κ3) is 5.49. The fourth-order valence-electron chi connectivity index (χ4n) is 6.37. The van der Waals surface area contributed by atoms with Gasteiger partial charge in [-0.15, -0.1) is 0 Å². The van der Waals surface area contributed by atoms with Gasteiger partial charge < -0.3 is 16.0 Å². The van der Waals surface area contributed by atoms with Gasteiger partial charge in [-0.25, -0.2) is 9.67 Å². The number of pyridine rings is 2. The number of nitrogens with zero attached hydrogens (tertiary/aromatic N) is 4. The van der Waals surface area contributed by atoms with Crippen LogP contribution in [-0.2, 0) is 19.4 Å². The van der Waals surface area contributed by atoms with Crippen LogP contribution < -0.4 is 16.0 Å². The van der Waals surface area contributed by atoms with E-state index in [1.165, 1.54) is 54.4 Å². The molecule has 1 amide bonds. The van der Waals surface area contributed by atoms with Gasteiger partial charge >= 0.3 is 0 Å². The van der Waals surface area contributed by atoms with Crippen molar-refractivity contribution in [2.75, 3.05) is 23.7 Å². The number of para-hydroxylation sites is 1. The molecule has 2 aliphatic carbocycles. The van der Waals surface area contributed by atoms with E-state index < -0.39 is 0 Å². The lowest BCUT2D eigenvalue weighted by Gasteiger charge is -2.25. The first kappa shape index (κ1) is 26.5. The zero-order chi connectivity index (χ0) is 27.3. The monoisotopic (exact) mass is 539 g/mol. The van der Waals surface area contributed by atoms with Gasteiger partial charge in [-0.3, -0.25) is 9.78 Å². The number of hydrogen-bond acceptors (Lipinski definition) is 6. The number of benzene rings is 1. The molecule has 1 saturated carbocycles. The summed E-state index contributed by atoms with van der Waals surface area (Å²) < 4.78 is 1.89. The molecule has 1 aromatic carbocycles. The molecule has 0 unspecified atom stereocenters. The lowest BCUT2D eigenvalue weighted by atomic mass is 9.92. The third-order valence-corrected chi connectivity index (χ3v) is 8.52. The Hall–Kier alpha value is -3.68. The van der Waals surface area contributed by atoms with Crippen LogP contribution in [0, 0.1) is 0 Å². The van der Waals surface area contributed by atoms with E-state index >= 15 is 0 Å². The van der Waals surface area contributed by atoms with E-state index in [2.05, 4.69) is 57.2 Å². The minimum absolute atomic E-state index is 0.0703. The summed E-state index contributed by atoms with van der Waals surface area (Å²) >= 11 is 0. The van der Waals surface area contributed by atoms with Crippen molar-refractivity contribution < 1.29 is 4.79 Å². The zero-order valence-corrected chi connectivity index (χ0v) is 23.6. The van der Waals surface area contributed by atoms with Crippen LogP contribution in [0.25, 0.3) is 21.9 Å². The van der Waals surface area contributed by atoms with E-state index in [1.807, 2.05) is 10.9 Å². The van der Waals surface area contributed by atoms with Crippen molar-refractivity contribution in [2.45, 2.75) is 90.1 Å². The highest BCUT2D eigenvalue weighted by Crippen LogP contribution is 2.33. The van der Waals surface area contributed by atoms with Crippen LogP contribution in [-0.4, -0.2) is 44.8 Å². The van der Waals surface area contributed by atoms with E-state index in [1.54, 1.807) is 6.20 Å². The molecule has 2 aliphatic rings. The van der Waals surface area contributed by atoms with Crippen molar-refractivity contribution in [3.63, 3.8) is 0 Å². The highest BCUT2D eigenvalue weighted by atomic mass is 16.1. The predicted molar refractivity (Wildman–Crippen MR) is 162 cm³/mol. The van der Waals surface area contributed by atoms with Crippen LogP contribution in [0.3, 0.4) is 0 Å². The molecule has 0 spiro atoms. The van der Waals surface area contributed by atoms with E-state index in [0.29, 0.717) is 18.2 Å². The minimum atomic E-state index is -0.0703. The summed E-state index contributed by atoms with van der Waals surface area (Å²) in [6.07, 6.45) is 16.1. The normalized spacial score (nSPS) is 15.7. The second-order valence-corrected chi connectivity index (χ2v) is 11.2. The van der Waals surface area contributed by atoms with Crippen molar-refractivity contribution in [1.82, 2.24) is 25.1 Å². The molecule has 8 heteroatoms. The van der Waals surface area contributed by atoms with Gasteiger partial charge in [-0.2, -0.15) is 5.10 Å². The maximum absolute atomic E-state index is 13.3. The number of aromatic nitrogens is 4. The molecular weight excluding hydrogens is 498 g/mol. The lowest BCUT2D eigenvalue weighted by Crippen LogP contribution is -2.28. The average molecular weight is 540 g/mol. The summed E-state index contributed by atoms with van der Waals surface area (Å²) in [5.41, 5.74) is 7.31. The molecule has 0 radical (unpaired) electrons. The van der Waals surface area contributed by atoms with Gasteiger partial charge in [0.1, 0.15) is 0 Å². The Balaban J connectivity index is 1.08. The summed E-state index contributed by atoms with van der Waals surface area (Å²) in [7, 11) is 0. The second-order valence-electron chi connectivity index (χ2n) is 11.2. The van der Waals surface area contributed by atoms with Gasteiger partial charge in [0.2, 0.25) is 0 Å². The lowest BCUT2D eigenvalue weighted by molar-refractivity contribution is 0.0953. The van der Waals surface area contributed by atoms with Crippen LogP contribution in [0.15, 0.2) is 36.7 Å². The van der Waals surface area contributed by atoms with Crippen molar-refractivity contribution in [3.05, 3.63) is 53.5 Å². The molecule has 8 nitrogen and oxygen atoms in total. The SMILES string of the molecule is CCn1ncc2c(NC3CCCCC3)c(C(=O)NCCCCNc3c4c(nc5ccccc35)CCCC4)cnc21. The van der Waals surface area contributed by atoms with Gasteiger partial charge in [-0.1, -0.05) is 37.5 Å². The summed E-state index contributed by atoms with van der Waals surface area (Å²) in [5, 5.41) is 17.2. The first-order valence-electron chi connectivity index (χ1n) is 15.3. The highest BCUT2D eigenvalue weighted by molar-refractivity contribution is 6.06. The Morgan fingerprint density at radius 1 is 0.950 bits per heavy atom. The fraction of sp³-hybridized carbons (Fsp3) is 0.500. The number of amides is 1. The Kier molecular flexibility index (Phi) is 8.11. The summed E-state index contributed by atoms with van der Waals surface area (Å²) in [4.78, 5) is 22.9. The molecule has 0 bridgehead atoms. The number of hydrogen-bond donors (Lipinski definition) is 3. The number of anilines is 2. The van der Waals surface area contributed by atoms with Gasteiger partial charge in [-0.05, 0) is 69.9 Å². The Morgan fingerprint density at radius 2 is 1.77 bits per heavy atom. The molecule has 4 aromatic rings. The van der Waals surface area contributed by atoms with Crippen molar-refractivity contribution in [3.8, 4) is 0 Å². The summed E-state index contributed by atoms with van der Waals surface area (Å²) in [5.74, 6) is -0.0703. The Morgan fingerprint density at radius 3 is 2.65 bits per heavy atom. The van der Waals surface area contributed by atoms with Crippen molar-refractivity contribution in [2.24, 2.45) is 0 Å². The Bertz CT molecular complexity index is 1490. The van der Waals surface area contributed by atoms with Crippen LogP contribution in [0.1, 0.15) is 86.3 Å². The molecule has 3 aromatic heterocycles. The molecule has 40 heavy (non-hydrogen) atoms. The topological polar surface area (TPSA) is 96.8 Å². The quantitative estimate of drug-likeness (QED) is 0.206. The van der Waals surface area contributed by atoms with Gasteiger partial charge in [0, 0.05) is 48.6 Å². The Labute approximate surface area is 236 Å². The standard InChI is InChI=1S/C32H41N7O/c1-2-39-31-25(21-36-39)30(37-22-12-4-3-5-13-22)26(20-35-31)32(40)34-19-11-10-18-33-29-23-14-6-8-16-27(23)38-28-17-9-7-15-24(28)29/h6,8,14,16,20-22H,2-5,7,9-13,15,17-19H2,1H3,(H,33,38)(H,34,40)(H,35,37). The molecule has 0 saturated heterocycles. The molecule has 1 fully saturated rings. The zero-order valence-electron chi connectivity index (χ0n) is 23.6. The summed E-state index contributed by atoms with van der Waals surface area (Å²) in [6, 6.07) is 8.83. The minimum Gasteiger partial charge on any atom is -0.384 e. The van der Waals surface area contributed by atoms with Crippen LogP contribution in [0.4, 0.5) is 11.4 Å². The fourth-order valence-corrected chi connectivity index (χ4v) is 6.37. The van der Waals surface area contributed by atoms with Gasteiger partial charge in [0.15, 0.2) is 5.65 Å². The van der Waals surface area contributed by atoms with Gasteiger partial charge in [0.25, 0.3) is 5.91 Å². The summed E-state index contributed by atoms with van der Waals surface area (Å²) in [6.45, 7) is 4.31. The van der Waals surface area contributed by atoms with Crippen molar-refractivity contribution >= 4 is 39.2 Å². The van der Waals surface area contributed by atoms with E-state index in [0.717, 1.165) is 73.9 Å². The molecule has 3 heterocycles. The molecule has 0 atom stereocenters. The number of carbonyl (C=O) groups is 1. The largest absolute Gasteiger partial charge is 0.384 e.